The highest BCUT2D eigenvalue weighted by Gasteiger charge is 2.25. The van der Waals surface area contributed by atoms with Gasteiger partial charge in [0, 0.05) is 58.6 Å². The lowest BCUT2D eigenvalue weighted by Crippen LogP contribution is -2.54. The molecule has 0 unspecified atom stereocenters. The first-order valence-corrected chi connectivity index (χ1v) is 10.9. The average Bonchev–Trinajstić information content (AvgIpc) is 2.81. The number of para-hydroxylation sites is 2. The highest BCUT2D eigenvalue weighted by molar-refractivity contribution is 5.78. The maximum atomic E-state index is 12.8. The summed E-state index contributed by atoms with van der Waals surface area (Å²) in [5.41, 5.74) is 1.15. The lowest BCUT2D eigenvalue weighted by atomic mass is 10.2. The van der Waals surface area contributed by atoms with E-state index in [4.69, 9.17) is 4.74 Å². The van der Waals surface area contributed by atoms with Crippen molar-refractivity contribution in [3.8, 4) is 5.75 Å². The van der Waals surface area contributed by atoms with Crippen molar-refractivity contribution in [2.24, 2.45) is 0 Å². The van der Waals surface area contributed by atoms with E-state index in [1.165, 1.54) is 0 Å². The van der Waals surface area contributed by atoms with Crippen molar-refractivity contribution in [3.05, 3.63) is 48.7 Å². The van der Waals surface area contributed by atoms with Crippen LogP contribution >= 0.6 is 0 Å². The average molecular weight is 410 g/mol. The van der Waals surface area contributed by atoms with E-state index in [1.54, 1.807) is 0 Å². The van der Waals surface area contributed by atoms with E-state index in [0.29, 0.717) is 13.2 Å². The van der Waals surface area contributed by atoms with Gasteiger partial charge in [0.05, 0.1) is 18.8 Å². The number of carbonyl (C=O) groups excluding carboxylic acids is 1. The molecule has 1 aromatic heterocycles. The Labute approximate surface area is 178 Å². The second-order valence-corrected chi connectivity index (χ2v) is 7.72. The molecule has 30 heavy (non-hydrogen) atoms. The molecule has 2 saturated heterocycles. The van der Waals surface area contributed by atoms with E-state index < -0.39 is 0 Å². The fourth-order valence-electron chi connectivity index (χ4n) is 4.16. The number of hydrogen-bond donors (Lipinski definition) is 0. The van der Waals surface area contributed by atoms with E-state index in [9.17, 15) is 4.79 Å². The van der Waals surface area contributed by atoms with Crippen LogP contribution in [0.4, 0.5) is 11.5 Å². The van der Waals surface area contributed by atoms with Gasteiger partial charge in [0.25, 0.3) is 0 Å². The number of carbonyl (C=O) groups is 1. The smallest absolute Gasteiger partial charge is 0.236 e. The number of hydrogen-bond acceptors (Lipinski definition) is 6. The second kappa shape index (κ2) is 9.80. The summed E-state index contributed by atoms with van der Waals surface area (Å²) in [6, 6.07) is 14.2. The number of rotatable bonds is 6. The number of pyridine rings is 1. The topological polar surface area (TPSA) is 52.2 Å². The van der Waals surface area contributed by atoms with Gasteiger partial charge in [0.2, 0.25) is 5.91 Å². The van der Waals surface area contributed by atoms with Crippen molar-refractivity contribution in [3.63, 3.8) is 0 Å². The van der Waals surface area contributed by atoms with Crippen LogP contribution in [-0.4, -0.2) is 86.2 Å². The quantitative estimate of drug-likeness (QED) is 0.727. The Morgan fingerprint density at radius 1 is 0.900 bits per heavy atom. The predicted octanol–water partition coefficient (Wildman–Crippen LogP) is 1.95. The minimum atomic E-state index is 0.235. The monoisotopic (exact) mass is 409 g/mol. The number of anilines is 2. The van der Waals surface area contributed by atoms with Gasteiger partial charge >= 0.3 is 0 Å². The first-order chi connectivity index (χ1) is 14.7. The van der Waals surface area contributed by atoms with Crippen molar-refractivity contribution < 1.29 is 9.53 Å². The number of ether oxygens (including phenoxy) is 1. The molecule has 2 fully saturated rings. The lowest BCUT2D eigenvalue weighted by molar-refractivity contribution is -0.132. The Kier molecular flexibility index (Phi) is 6.69. The number of benzene rings is 1. The van der Waals surface area contributed by atoms with E-state index in [1.807, 2.05) is 48.4 Å². The molecule has 0 bridgehead atoms. The Balaban J connectivity index is 1.24. The van der Waals surface area contributed by atoms with Crippen LogP contribution in [0.25, 0.3) is 0 Å². The summed E-state index contributed by atoms with van der Waals surface area (Å²) in [5, 5.41) is 0. The summed E-state index contributed by atoms with van der Waals surface area (Å²) in [7, 11) is 0. The van der Waals surface area contributed by atoms with Gasteiger partial charge in [-0.2, -0.15) is 0 Å². The molecule has 2 aliphatic rings. The molecular weight excluding hydrogens is 378 g/mol. The molecule has 0 atom stereocenters. The van der Waals surface area contributed by atoms with Gasteiger partial charge in [-0.05, 0) is 31.2 Å². The molecule has 2 aromatic rings. The SMILES string of the molecule is CCOc1ccccc1N1CCN(CC(=O)N2CCN(c3ccccn3)CC2)CC1. The van der Waals surface area contributed by atoms with E-state index in [2.05, 4.69) is 31.8 Å². The maximum absolute atomic E-state index is 12.8. The summed E-state index contributed by atoms with van der Waals surface area (Å²) in [5.74, 6) is 2.17. The van der Waals surface area contributed by atoms with E-state index >= 15 is 0 Å². The molecule has 0 aliphatic carbocycles. The summed E-state index contributed by atoms with van der Waals surface area (Å²) in [6.45, 7) is 9.97. The van der Waals surface area contributed by atoms with Crippen molar-refractivity contribution in [2.75, 3.05) is 75.3 Å². The van der Waals surface area contributed by atoms with Gasteiger partial charge < -0.3 is 19.4 Å². The van der Waals surface area contributed by atoms with Crippen LogP contribution < -0.4 is 14.5 Å². The molecule has 0 N–H and O–H groups in total. The molecule has 3 heterocycles. The summed E-state index contributed by atoms with van der Waals surface area (Å²) in [6.07, 6.45) is 1.82. The van der Waals surface area contributed by atoms with Crippen LogP contribution in [0.1, 0.15) is 6.92 Å². The van der Waals surface area contributed by atoms with Crippen LogP contribution in [0.5, 0.6) is 5.75 Å². The zero-order valence-electron chi connectivity index (χ0n) is 17.7. The molecule has 1 aromatic carbocycles. The minimum absolute atomic E-state index is 0.235. The normalized spacial score (nSPS) is 17.8. The molecule has 7 heteroatoms. The standard InChI is InChI=1S/C23H31N5O2/c1-2-30-21-8-4-3-7-20(21)26-13-11-25(12-14-26)19-23(29)28-17-15-27(16-18-28)22-9-5-6-10-24-22/h3-10H,2,11-19H2,1H3. The minimum Gasteiger partial charge on any atom is -0.492 e. The number of nitrogens with zero attached hydrogens (tertiary/aromatic N) is 5. The lowest BCUT2D eigenvalue weighted by Gasteiger charge is -2.39. The van der Waals surface area contributed by atoms with Gasteiger partial charge in [0.1, 0.15) is 11.6 Å². The molecule has 0 saturated carbocycles. The van der Waals surface area contributed by atoms with Crippen LogP contribution in [0, 0.1) is 0 Å². The second-order valence-electron chi connectivity index (χ2n) is 7.72. The molecule has 160 valence electrons. The zero-order chi connectivity index (χ0) is 20.8. The summed E-state index contributed by atoms with van der Waals surface area (Å²) >= 11 is 0. The number of piperazine rings is 2. The van der Waals surface area contributed by atoms with E-state index in [-0.39, 0.29) is 5.91 Å². The van der Waals surface area contributed by atoms with Gasteiger partial charge in [-0.1, -0.05) is 18.2 Å². The third kappa shape index (κ3) is 4.84. The molecule has 2 aliphatic heterocycles. The van der Waals surface area contributed by atoms with E-state index in [0.717, 1.165) is 69.6 Å². The molecule has 4 rings (SSSR count). The Hall–Kier alpha value is -2.80. The van der Waals surface area contributed by atoms with Crippen molar-refractivity contribution in [1.82, 2.24) is 14.8 Å². The van der Waals surface area contributed by atoms with Gasteiger partial charge in [0.15, 0.2) is 0 Å². The Morgan fingerprint density at radius 2 is 1.60 bits per heavy atom. The summed E-state index contributed by atoms with van der Waals surface area (Å²) in [4.78, 5) is 26.1. The highest BCUT2D eigenvalue weighted by Crippen LogP contribution is 2.28. The third-order valence-corrected chi connectivity index (χ3v) is 5.84. The maximum Gasteiger partial charge on any atom is 0.236 e. The third-order valence-electron chi connectivity index (χ3n) is 5.84. The van der Waals surface area contributed by atoms with Crippen molar-refractivity contribution >= 4 is 17.4 Å². The Morgan fingerprint density at radius 3 is 2.30 bits per heavy atom. The van der Waals surface area contributed by atoms with Gasteiger partial charge in [-0.3, -0.25) is 9.69 Å². The number of amides is 1. The molecule has 0 radical (unpaired) electrons. The highest BCUT2D eigenvalue weighted by atomic mass is 16.5. The fraction of sp³-hybridized carbons (Fsp3) is 0.478. The fourth-order valence-corrected chi connectivity index (χ4v) is 4.16. The molecule has 1 amide bonds. The van der Waals surface area contributed by atoms with Crippen molar-refractivity contribution in [2.45, 2.75) is 6.92 Å². The predicted molar refractivity (Wildman–Crippen MR) is 119 cm³/mol. The van der Waals surface area contributed by atoms with Crippen LogP contribution in [0.3, 0.4) is 0 Å². The van der Waals surface area contributed by atoms with Crippen molar-refractivity contribution in [1.29, 1.82) is 0 Å². The molecule has 0 spiro atoms. The Bertz CT molecular complexity index is 815. The molecule has 7 nitrogen and oxygen atoms in total. The van der Waals surface area contributed by atoms with Crippen LogP contribution in [-0.2, 0) is 4.79 Å². The zero-order valence-corrected chi connectivity index (χ0v) is 17.7. The first kappa shape index (κ1) is 20.5. The number of aromatic nitrogens is 1. The van der Waals surface area contributed by atoms with Crippen LogP contribution in [0.2, 0.25) is 0 Å². The first-order valence-electron chi connectivity index (χ1n) is 10.9. The largest absolute Gasteiger partial charge is 0.492 e. The molecular formula is C23H31N5O2. The summed E-state index contributed by atoms with van der Waals surface area (Å²) < 4.78 is 5.78. The van der Waals surface area contributed by atoms with Gasteiger partial charge in [-0.25, -0.2) is 4.98 Å². The van der Waals surface area contributed by atoms with Gasteiger partial charge in [-0.15, -0.1) is 0 Å². The van der Waals surface area contributed by atoms with Crippen LogP contribution in [0.15, 0.2) is 48.7 Å².